The van der Waals surface area contributed by atoms with Crippen molar-refractivity contribution in [3.05, 3.63) is 64.7 Å². The van der Waals surface area contributed by atoms with E-state index < -0.39 is 0 Å². The van der Waals surface area contributed by atoms with Crippen molar-refractivity contribution in [3.8, 4) is 5.75 Å². The molecule has 4 rings (SSSR count). The van der Waals surface area contributed by atoms with Gasteiger partial charge >= 0.3 is 0 Å². The molecule has 1 amide bonds. The summed E-state index contributed by atoms with van der Waals surface area (Å²) in [5.74, 6) is 1.38. The molecule has 0 saturated carbocycles. The third-order valence-corrected chi connectivity index (χ3v) is 5.63. The van der Waals surface area contributed by atoms with E-state index in [2.05, 4.69) is 31.3 Å². The van der Waals surface area contributed by atoms with Gasteiger partial charge in [0.05, 0.1) is 12.6 Å². The lowest BCUT2D eigenvalue weighted by Crippen LogP contribution is -2.50. The van der Waals surface area contributed by atoms with Crippen LogP contribution in [0.1, 0.15) is 39.9 Å². The number of rotatable bonds is 5. The minimum absolute atomic E-state index is 0.154. The SMILES string of the molecule is CCc1cc(C)c2c(c1)[C@H]1CNC[C@@H]1N(CCOc1ccccc1)C2=O. The van der Waals surface area contributed by atoms with Crippen LogP contribution in [0.25, 0.3) is 0 Å². The zero-order valence-corrected chi connectivity index (χ0v) is 15.5. The molecule has 136 valence electrons. The van der Waals surface area contributed by atoms with Crippen molar-refractivity contribution in [1.29, 1.82) is 0 Å². The second-order valence-corrected chi connectivity index (χ2v) is 7.22. The van der Waals surface area contributed by atoms with E-state index >= 15 is 0 Å². The van der Waals surface area contributed by atoms with Gasteiger partial charge in [-0.15, -0.1) is 0 Å². The molecule has 2 aromatic carbocycles. The first-order chi connectivity index (χ1) is 12.7. The Kier molecular flexibility index (Phi) is 4.68. The van der Waals surface area contributed by atoms with Crippen LogP contribution in [0.3, 0.4) is 0 Å². The summed E-state index contributed by atoms with van der Waals surface area (Å²) >= 11 is 0. The lowest BCUT2D eigenvalue weighted by molar-refractivity contribution is 0.0613. The maximum Gasteiger partial charge on any atom is 0.254 e. The van der Waals surface area contributed by atoms with E-state index in [4.69, 9.17) is 4.74 Å². The normalized spacial score (nSPS) is 21.5. The highest BCUT2D eigenvalue weighted by atomic mass is 16.5. The summed E-state index contributed by atoms with van der Waals surface area (Å²) < 4.78 is 5.85. The Balaban J connectivity index is 1.58. The number of para-hydroxylation sites is 1. The predicted molar refractivity (Wildman–Crippen MR) is 103 cm³/mol. The minimum atomic E-state index is 0.154. The standard InChI is InChI=1S/C22H26N2O2/c1-3-16-11-15(2)21-18(12-16)19-13-23-14-20(19)24(22(21)25)9-10-26-17-7-5-4-6-8-17/h4-8,11-12,19-20,23H,3,9-10,13-14H2,1-2H3/t19-,20+/m1/s1. The fraction of sp³-hybridized carbons (Fsp3) is 0.409. The van der Waals surface area contributed by atoms with Crippen molar-refractivity contribution in [1.82, 2.24) is 10.2 Å². The van der Waals surface area contributed by atoms with Crippen LogP contribution in [-0.4, -0.2) is 43.1 Å². The summed E-state index contributed by atoms with van der Waals surface area (Å²) in [7, 11) is 0. The van der Waals surface area contributed by atoms with E-state index in [1.165, 1.54) is 11.1 Å². The van der Waals surface area contributed by atoms with Crippen LogP contribution in [0.15, 0.2) is 42.5 Å². The molecule has 4 nitrogen and oxygen atoms in total. The van der Waals surface area contributed by atoms with Crippen molar-refractivity contribution in [3.63, 3.8) is 0 Å². The molecule has 1 saturated heterocycles. The van der Waals surface area contributed by atoms with Gasteiger partial charge in [0.15, 0.2) is 0 Å². The Bertz CT molecular complexity index is 803. The largest absolute Gasteiger partial charge is 0.492 e. The summed E-state index contributed by atoms with van der Waals surface area (Å²) in [5, 5.41) is 3.49. The number of fused-ring (bicyclic) bond motifs is 3. The second kappa shape index (κ2) is 7.12. The second-order valence-electron chi connectivity index (χ2n) is 7.22. The van der Waals surface area contributed by atoms with Crippen LogP contribution in [0.2, 0.25) is 0 Å². The lowest BCUT2D eigenvalue weighted by atomic mass is 9.81. The van der Waals surface area contributed by atoms with Crippen molar-refractivity contribution in [2.45, 2.75) is 32.2 Å². The molecule has 2 atom stereocenters. The van der Waals surface area contributed by atoms with Crippen molar-refractivity contribution in [2.75, 3.05) is 26.2 Å². The monoisotopic (exact) mass is 350 g/mol. The van der Waals surface area contributed by atoms with Gasteiger partial charge in [0, 0.05) is 24.6 Å². The molecule has 0 radical (unpaired) electrons. The number of aryl methyl sites for hydroxylation is 2. The van der Waals surface area contributed by atoms with Gasteiger partial charge in [-0.3, -0.25) is 4.79 Å². The van der Waals surface area contributed by atoms with Gasteiger partial charge in [-0.25, -0.2) is 0 Å². The van der Waals surface area contributed by atoms with Gasteiger partial charge < -0.3 is 15.0 Å². The number of amides is 1. The van der Waals surface area contributed by atoms with E-state index in [0.717, 1.165) is 36.4 Å². The smallest absolute Gasteiger partial charge is 0.254 e. The summed E-state index contributed by atoms with van der Waals surface area (Å²) in [5.41, 5.74) is 4.57. The molecular weight excluding hydrogens is 324 g/mol. The fourth-order valence-electron chi connectivity index (χ4n) is 4.33. The molecular formula is C22H26N2O2. The number of hydrogen-bond acceptors (Lipinski definition) is 3. The van der Waals surface area contributed by atoms with Crippen molar-refractivity contribution < 1.29 is 9.53 Å². The highest BCUT2D eigenvalue weighted by Gasteiger charge is 2.42. The topological polar surface area (TPSA) is 41.6 Å². The third-order valence-electron chi connectivity index (χ3n) is 5.63. The minimum Gasteiger partial charge on any atom is -0.492 e. The van der Waals surface area contributed by atoms with Gasteiger partial charge in [0.25, 0.3) is 5.91 Å². The van der Waals surface area contributed by atoms with E-state index in [-0.39, 0.29) is 11.9 Å². The first-order valence-electron chi connectivity index (χ1n) is 9.52. The average Bonchev–Trinajstić information content (AvgIpc) is 3.14. The molecule has 0 aromatic heterocycles. The maximum atomic E-state index is 13.3. The van der Waals surface area contributed by atoms with Crippen LogP contribution in [0.5, 0.6) is 5.75 Å². The molecule has 2 heterocycles. The predicted octanol–water partition coefficient (Wildman–Crippen LogP) is 3.15. The first-order valence-corrected chi connectivity index (χ1v) is 9.52. The third kappa shape index (κ3) is 2.99. The number of benzene rings is 2. The van der Waals surface area contributed by atoms with Gasteiger partial charge in [0.2, 0.25) is 0 Å². The fourth-order valence-corrected chi connectivity index (χ4v) is 4.33. The number of nitrogens with zero attached hydrogens (tertiary/aromatic N) is 1. The molecule has 0 bridgehead atoms. The molecule has 0 aliphatic carbocycles. The van der Waals surface area contributed by atoms with Gasteiger partial charge in [-0.1, -0.05) is 37.3 Å². The molecule has 0 unspecified atom stereocenters. The van der Waals surface area contributed by atoms with Gasteiger partial charge in [0.1, 0.15) is 12.4 Å². The zero-order chi connectivity index (χ0) is 18.1. The lowest BCUT2D eigenvalue weighted by Gasteiger charge is -2.39. The number of hydrogen-bond donors (Lipinski definition) is 1. The number of nitrogens with one attached hydrogen (secondary N) is 1. The Morgan fingerprint density at radius 1 is 1.19 bits per heavy atom. The van der Waals surface area contributed by atoms with Crippen molar-refractivity contribution >= 4 is 5.91 Å². The van der Waals surface area contributed by atoms with E-state index in [1.807, 2.05) is 35.2 Å². The van der Waals surface area contributed by atoms with Crippen LogP contribution in [0, 0.1) is 6.92 Å². The number of carbonyl (C=O) groups excluding carboxylic acids is 1. The van der Waals surface area contributed by atoms with E-state index in [9.17, 15) is 4.79 Å². The Hall–Kier alpha value is -2.33. The Morgan fingerprint density at radius 2 is 2.00 bits per heavy atom. The van der Waals surface area contributed by atoms with Crippen LogP contribution in [-0.2, 0) is 6.42 Å². The quantitative estimate of drug-likeness (QED) is 0.901. The molecule has 1 N–H and O–H groups in total. The Morgan fingerprint density at radius 3 is 2.77 bits per heavy atom. The molecule has 26 heavy (non-hydrogen) atoms. The summed E-state index contributed by atoms with van der Waals surface area (Å²) in [4.78, 5) is 15.3. The molecule has 2 aliphatic rings. The molecule has 0 spiro atoms. The summed E-state index contributed by atoms with van der Waals surface area (Å²) in [6, 6.07) is 14.4. The average molecular weight is 350 g/mol. The highest BCUT2D eigenvalue weighted by molar-refractivity contribution is 5.99. The van der Waals surface area contributed by atoms with Crippen LogP contribution >= 0.6 is 0 Å². The molecule has 2 aromatic rings. The van der Waals surface area contributed by atoms with Crippen LogP contribution in [0.4, 0.5) is 0 Å². The molecule has 1 fully saturated rings. The van der Waals surface area contributed by atoms with Crippen molar-refractivity contribution in [2.24, 2.45) is 0 Å². The van der Waals surface area contributed by atoms with E-state index in [1.54, 1.807) is 0 Å². The number of ether oxygens (including phenoxy) is 1. The molecule has 2 aliphatic heterocycles. The molecule has 4 heteroatoms. The van der Waals surface area contributed by atoms with E-state index in [0.29, 0.717) is 19.1 Å². The number of carbonyl (C=O) groups is 1. The highest BCUT2D eigenvalue weighted by Crippen LogP contribution is 2.37. The maximum absolute atomic E-state index is 13.3. The Labute approximate surface area is 155 Å². The zero-order valence-electron chi connectivity index (χ0n) is 15.5. The first kappa shape index (κ1) is 17.1. The summed E-state index contributed by atoms with van der Waals surface area (Å²) in [6.07, 6.45) is 1.00. The van der Waals surface area contributed by atoms with Gasteiger partial charge in [-0.05, 0) is 42.2 Å². The van der Waals surface area contributed by atoms with Crippen LogP contribution < -0.4 is 10.1 Å². The summed E-state index contributed by atoms with van der Waals surface area (Å²) in [6.45, 7) is 7.16. The van der Waals surface area contributed by atoms with Gasteiger partial charge in [-0.2, -0.15) is 0 Å².